The van der Waals surface area contributed by atoms with Crippen molar-refractivity contribution < 1.29 is 9.59 Å². The Balaban J connectivity index is 1.65. The molecule has 0 aliphatic rings. The summed E-state index contributed by atoms with van der Waals surface area (Å²) in [5.74, 6) is 0.309. The lowest BCUT2D eigenvalue weighted by molar-refractivity contribution is -0.122. The molecule has 0 aromatic heterocycles. The smallest absolute Gasteiger partial charge is 0.237 e. The van der Waals surface area contributed by atoms with E-state index in [0.717, 1.165) is 29.5 Å². The molecule has 0 aliphatic heterocycles. The molecule has 2 rings (SSSR count). The molecule has 0 aliphatic carbocycles. The lowest BCUT2D eigenvalue weighted by Gasteiger charge is -2.15. The Morgan fingerprint density at radius 2 is 1.28 bits per heavy atom. The van der Waals surface area contributed by atoms with Crippen LogP contribution in [-0.4, -0.2) is 37.0 Å². The topological polar surface area (TPSA) is 110 Å². The maximum atomic E-state index is 12.3. The number of hydrogen-bond donors (Lipinski definition) is 4. The number of carbonyl (C=O) groups is 2. The number of carbonyl (C=O) groups excluding carboxylic acids is 2. The van der Waals surface area contributed by atoms with Crippen molar-refractivity contribution in [3.8, 4) is 11.1 Å². The molecule has 2 aromatic carbocycles. The molecule has 2 amide bonds. The first kappa shape index (κ1) is 25.6. The first-order valence-corrected chi connectivity index (χ1v) is 11.6. The number of rotatable bonds is 13. The van der Waals surface area contributed by atoms with Crippen molar-refractivity contribution in [1.82, 2.24) is 10.6 Å². The third kappa shape index (κ3) is 9.20. The summed E-state index contributed by atoms with van der Waals surface area (Å²) >= 11 is 0. The van der Waals surface area contributed by atoms with Gasteiger partial charge >= 0.3 is 0 Å². The van der Waals surface area contributed by atoms with Crippen LogP contribution in [0.4, 0.5) is 0 Å². The normalized spacial score (nSPS) is 12.9. The molecule has 6 nitrogen and oxygen atoms in total. The third-order valence-corrected chi connectivity index (χ3v) is 5.44. The summed E-state index contributed by atoms with van der Waals surface area (Å²) in [6.45, 7) is 5.43. The van der Waals surface area contributed by atoms with Gasteiger partial charge in [-0.2, -0.15) is 0 Å². The molecule has 0 heterocycles. The van der Waals surface area contributed by atoms with Gasteiger partial charge in [0.2, 0.25) is 11.8 Å². The maximum Gasteiger partial charge on any atom is 0.237 e. The van der Waals surface area contributed by atoms with E-state index in [9.17, 15) is 9.59 Å². The second kappa shape index (κ2) is 13.7. The van der Waals surface area contributed by atoms with E-state index in [2.05, 4.69) is 36.6 Å². The number of amides is 2. The molecule has 2 atom stereocenters. The van der Waals surface area contributed by atoms with Crippen LogP contribution in [0.5, 0.6) is 0 Å². The van der Waals surface area contributed by atoms with Crippen LogP contribution >= 0.6 is 0 Å². The molecule has 0 fully saturated rings. The molecular formula is C26H38N4O2. The lowest BCUT2D eigenvalue weighted by atomic mass is 10.0. The predicted molar refractivity (Wildman–Crippen MR) is 131 cm³/mol. The molecule has 0 unspecified atom stereocenters. The van der Waals surface area contributed by atoms with E-state index in [1.54, 1.807) is 0 Å². The zero-order chi connectivity index (χ0) is 23.3. The number of nitrogens with one attached hydrogen (secondary N) is 2. The average Bonchev–Trinajstić information content (AvgIpc) is 2.80. The molecule has 174 valence electrons. The van der Waals surface area contributed by atoms with Gasteiger partial charge in [-0.25, -0.2) is 0 Å². The minimum atomic E-state index is -0.615. The summed E-state index contributed by atoms with van der Waals surface area (Å²) in [5, 5.41) is 5.72. The highest BCUT2D eigenvalue weighted by atomic mass is 16.2. The van der Waals surface area contributed by atoms with Crippen LogP contribution in [0.3, 0.4) is 0 Å². The Morgan fingerprint density at radius 3 is 1.88 bits per heavy atom. The van der Waals surface area contributed by atoms with Gasteiger partial charge in [0.15, 0.2) is 0 Å². The predicted octanol–water partition coefficient (Wildman–Crippen LogP) is 3.00. The maximum absolute atomic E-state index is 12.3. The van der Waals surface area contributed by atoms with E-state index in [-0.39, 0.29) is 11.8 Å². The second-order valence-electron chi connectivity index (χ2n) is 8.74. The van der Waals surface area contributed by atoms with E-state index < -0.39 is 12.1 Å². The first-order chi connectivity index (χ1) is 15.4. The summed E-state index contributed by atoms with van der Waals surface area (Å²) in [5.41, 5.74) is 15.3. The number of hydrogen-bond acceptors (Lipinski definition) is 4. The Labute approximate surface area is 192 Å². The van der Waals surface area contributed by atoms with Crippen LogP contribution in [0, 0.1) is 5.92 Å². The summed E-state index contributed by atoms with van der Waals surface area (Å²) in [4.78, 5) is 24.3. The van der Waals surface area contributed by atoms with Crippen LogP contribution in [0.1, 0.15) is 45.1 Å². The van der Waals surface area contributed by atoms with Crippen molar-refractivity contribution in [2.45, 2.75) is 58.0 Å². The highest BCUT2D eigenvalue weighted by Gasteiger charge is 2.15. The van der Waals surface area contributed by atoms with Crippen LogP contribution in [0.15, 0.2) is 54.6 Å². The standard InChI is InChI=1S/C26H38N4O2/c1-19(2)8-6-16-29-25(31)23(27)11-7-17-30-26(32)24(28)18-20-12-14-22(15-13-20)21-9-4-3-5-10-21/h3-5,9-10,12-15,19,23-24H,6-8,11,16-18,27-28H2,1-2H3,(H,29,31)(H,30,32)/t23-,24-/m1/s1. The molecule has 0 saturated heterocycles. The summed E-state index contributed by atoms with van der Waals surface area (Å²) in [6, 6.07) is 17.1. The van der Waals surface area contributed by atoms with Gasteiger partial charge in [-0.3, -0.25) is 9.59 Å². The summed E-state index contributed by atoms with van der Waals surface area (Å²) in [7, 11) is 0. The fourth-order valence-corrected chi connectivity index (χ4v) is 3.46. The molecule has 0 spiro atoms. The van der Waals surface area contributed by atoms with Gasteiger partial charge in [-0.15, -0.1) is 0 Å². The fraction of sp³-hybridized carbons (Fsp3) is 0.462. The van der Waals surface area contributed by atoms with Gasteiger partial charge in [0.1, 0.15) is 0 Å². The highest BCUT2D eigenvalue weighted by molar-refractivity contribution is 5.82. The Hall–Kier alpha value is -2.70. The number of benzene rings is 2. The Morgan fingerprint density at radius 1 is 0.750 bits per heavy atom. The molecule has 6 heteroatoms. The minimum absolute atomic E-state index is 0.129. The van der Waals surface area contributed by atoms with Crippen LogP contribution in [-0.2, 0) is 16.0 Å². The van der Waals surface area contributed by atoms with Crippen molar-refractivity contribution in [3.05, 3.63) is 60.2 Å². The minimum Gasteiger partial charge on any atom is -0.355 e. The van der Waals surface area contributed by atoms with E-state index in [0.29, 0.717) is 38.3 Å². The SMILES string of the molecule is CC(C)CCCNC(=O)[C@H](N)CCCNC(=O)[C@H](N)Cc1ccc(-c2ccccc2)cc1. The third-order valence-electron chi connectivity index (χ3n) is 5.44. The van der Waals surface area contributed by atoms with Crippen molar-refractivity contribution in [2.75, 3.05) is 13.1 Å². The zero-order valence-corrected chi connectivity index (χ0v) is 19.3. The van der Waals surface area contributed by atoms with Crippen molar-refractivity contribution in [2.24, 2.45) is 17.4 Å². The van der Waals surface area contributed by atoms with Crippen LogP contribution in [0.25, 0.3) is 11.1 Å². The van der Waals surface area contributed by atoms with Gasteiger partial charge in [-0.05, 0) is 54.7 Å². The van der Waals surface area contributed by atoms with E-state index in [1.165, 1.54) is 0 Å². The van der Waals surface area contributed by atoms with E-state index in [1.807, 2.05) is 42.5 Å². The van der Waals surface area contributed by atoms with Crippen LogP contribution < -0.4 is 22.1 Å². The largest absolute Gasteiger partial charge is 0.355 e. The average molecular weight is 439 g/mol. The van der Waals surface area contributed by atoms with Crippen molar-refractivity contribution in [3.63, 3.8) is 0 Å². The van der Waals surface area contributed by atoms with Crippen LogP contribution in [0.2, 0.25) is 0 Å². The van der Waals surface area contributed by atoms with E-state index >= 15 is 0 Å². The highest BCUT2D eigenvalue weighted by Crippen LogP contribution is 2.19. The molecule has 0 saturated carbocycles. The Bertz CT molecular complexity index is 821. The Kier molecular flexibility index (Phi) is 10.9. The van der Waals surface area contributed by atoms with Gasteiger partial charge < -0.3 is 22.1 Å². The van der Waals surface area contributed by atoms with Crippen molar-refractivity contribution in [1.29, 1.82) is 0 Å². The lowest BCUT2D eigenvalue weighted by Crippen LogP contribution is -2.43. The second-order valence-corrected chi connectivity index (χ2v) is 8.74. The molecule has 6 N–H and O–H groups in total. The summed E-state index contributed by atoms with van der Waals surface area (Å²) in [6.07, 6.45) is 3.66. The number of nitrogens with two attached hydrogens (primary N) is 2. The molecule has 0 bridgehead atoms. The first-order valence-electron chi connectivity index (χ1n) is 11.6. The monoisotopic (exact) mass is 438 g/mol. The van der Waals surface area contributed by atoms with E-state index in [4.69, 9.17) is 11.5 Å². The van der Waals surface area contributed by atoms with Gasteiger partial charge in [-0.1, -0.05) is 68.4 Å². The summed E-state index contributed by atoms with van der Waals surface area (Å²) < 4.78 is 0. The zero-order valence-electron chi connectivity index (χ0n) is 19.3. The fourth-order valence-electron chi connectivity index (χ4n) is 3.46. The molecule has 2 aromatic rings. The molecular weight excluding hydrogens is 400 g/mol. The van der Waals surface area contributed by atoms with Gasteiger partial charge in [0, 0.05) is 13.1 Å². The quantitative estimate of drug-likeness (QED) is 0.360. The van der Waals surface area contributed by atoms with Gasteiger partial charge in [0.25, 0.3) is 0 Å². The van der Waals surface area contributed by atoms with Gasteiger partial charge in [0.05, 0.1) is 12.1 Å². The van der Waals surface area contributed by atoms with Crippen molar-refractivity contribution >= 4 is 11.8 Å². The molecule has 32 heavy (non-hydrogen) atoms. The molecule has 0 radical (unpaired) electrons.